The molecule has 2 amide bonds. The van der Waals surface area contributed by atoms with Crippen LogP contribution in [0, 0.1) is 0 Å². The summed E-state index contributed by atoms with van der Waals surface area (Å²) in [5, 5.41) is 3.79. The Morgan fingerprint density at radius 1 is 1.67 bits per heavy atom. The number of hydrogen-bond acceptors (Lipinski definition) is 3. The van der Waals surface area contributed by atoms with Gasteiger partial charge in [-0.3, -0.25) is 9.45 Å². The first kappa shape index (κ1) is 10.5. The van der Waals surface area contributed by atoms with E-state index in [-0.39, 0.29) is 6.03 Å². The number of nitrogens with zero attached hydrogens (tertiary/aromatic N) is 2. The molecule has 0 bridgehead atoms. The maximum absolute atomic E-state index is 11.5. The molecule has 1 aliphatic carbocycles. The van der Waals surface area contributed by atoms with Crippen LogP contribution in [0.3, 0.4) is 0 Å². The monoisotopic (exact) mass is 232 g/mol. The fourth-order valence-corrected chi connectivity index (χ4v) is 2.23. The van der Waals surface area contributed by atoms with Gasteiger partial charge < -0.3 is 0 Å². The molecule has 7 nitrogen and oxygen atoms in total. The smallest absolute Gasteiger partial charge is 0.298 e. The van der Waals surface area contributed by atoms with Gasteiger partial charge in [0.05, 0.1) is 12.3 Å². The second-order valence-electron chi connectivity index (χ2n) is 3.73. The van der Waals surface area contributed by atoms with Gasteiger partial charge in [-0.25, -0.2) is 14.4 Å². The van der Waals surface area contributed by atoms with Crippen LogP contribution >= 0.6 is 0 Å². The van der Waals surface area contributed by atoms with E-state index < -0.39 is 16.9 Å². The van der Waals surface area contributed by atoms with Crippen LogP contribution in [0.15, 0.2) is 5.10 Å². The number of nitrogens with one attached hydrogen (secondary N) is 2. The highest BCUT2D eigenvalue weighted by Crippen LogP contribution is 2.39. The van der Waals surface area contributed by atoms with Crippen molar-refractivity contribution < 1.29 is 13.6 Å². The van der Waals surface area contributed by atoms with Crippen LogP contribution in [0.4, 0.5) is 4.79 Å². The fourth-order valence-electron chi connectivity index (χ4n) is 1.59. The lowest BCUT2D eigenvalue weighted by molar-refractivity contribution is 0.168. The SMILES string of the molecule is CC1=NNC(=O)N(C2(NS(=O)O)CC2)C1. The van der Waals surface area contributed by atoms with E-state index in [4.69, 9.17) is 4.55 Å². The predicted molar refractivity (Wildman–Crippen MR) is 54.2 cm³/mol. The van der Waals surface area contributed by atoms with Gasteiger partial charge in [-0.1, -0.05) is 0 Å². The third-order valence-electron chi connectivity index (χ3n) is 2.49. The van der Waals surface area contributed by atoms with Gasteiger partial charge in [0.1, 0.15) is 5.66 Å². The lowest BCUT2D eigenvalue weighted by Crippen LogP contribution is -2.57. The van der Waals surface area contributed by atoms with E-state index in [9.17, 15) is 9.00 Å². The quantitative estimate of drug-likeness (QED) is 0.578. The molecule has 0 saturated heterocycles. The van der Waals surface area contributed by atoms with Crippen LogP contribution < -0.4 is 10.1 Å². The fraction of sp³-hybridized carbons (Fsp3) is 0.714. The van der Waals surface area contributed by atoms with E-state index in [0.29, 0.717) is 19.4 Å². The van der Waals surface area contributed by atoms with Crippen molar-refractivity contribution in [3.8, 4) is 0 Å². The first-order valence-electron chi connectivity index (χ1n) is 4.53. The molecular weight excluding hydrogens is 220 g/mol. The average Bonchev–Trinajstić information content (AvgIpc) is 2.89. The van der Waals surface area contributed by atoms with Gasteiger partial charge in [-0.2, -0.15) is 9.82 Å². The zero-order valence-electron chi connectivity index (χ0n) is 8.19. The van der Waals surface area contributed by atoms with Crippen LogP contribution in [-0.4, -0.2) is 37.6 Å². The summed E-state index contributed by atoms with van der Waals surface area (Å²) in [4.78, 5) is 13.0. The Kier molecular flexibility index (Phi) is 2.49. The van der Waals surface area contributed by atoms with Crippen molar-refractivity contribution in [2.24, 2.45) is 5.10 Å². The Hall–Kier alpha value is -0.990. The van der Waals surface area contributed by atoms with Gasteiger partial charge >= 0.3 is 6.03 Å². The molecule has 2 rings (SSSR count). The number of urea groups is 1. The molecule has 84 valence electrons. The standard InChI is InChI=1S/C7H12N4O3S/c1-5-4-11(6(12)9-8-5)7(2-3-7)10-15(13)14/h10H,2-4H2,1H3,(H,9,12)(H,13,14). The number of carbonyl (C=O) groups is 1. The molecule has 3 N–H and O–H groups in total. The van der Waals surface area contributed by atoms with Gasteiger partial charge in [0.2, 0.25) is 11.3 Å². The molecule has 15 heavy (non-hydrogen) atoms. The molecular formula is C7H12N4O3S. The van der Waals surface area contributed by atoms with Crippen molar-refractivity contribution in [3.63, 3.8) is 0 Å². The normalized spacial score (nSPS) is 25.6. The Morgan fingerprint density at radius 2 is 2.33 bits per heavy atom. The van der Waals surface area contributed by atoms with Crippen molar-refractivity contribution in [1.82, 2.24) is 15.0 Å². The maximum Gasteiger partial charge on any atom is 0.339 e. The highest BCUT2D eigenvalue weighted by molar-refractivity contribution is 7.77. The van der Waals surface area contributed by atoms with Gasteiger partial charge in [-0.15, -0.1) is 0 Å². The van der Waals surface area contributed by atoms with E-state index >= 15 is 0 Å². The molecule has 0 aromatic carbocycles. The van der Waals surface area contributed by atoms with Crippen molar-refractivity contribution in [2.45, 2.75) is 25.4 Å². The summed E-state index contributed by atoms with van der Waals surface area (Å²) in [6.07, 6.45) is 1.36. The number of rotatable bonds is 3. The van der Waals surface area contributed by atoms with E-state index in [1.54, 1.807) is 6.92 Å². The van der Waals surface area contributed by atoms with Crippen LogP contribution in [-0.2, 0) is 11.3 Å². The number of hydrazone groups is 1. The minimum Gasteiger partial charge on any atom is -0.298 e. The topological polar surface area (TPSA) is 94.0 Å². The van der Waals surface area contributed by atoms with Crippen LogP contribution in [0.5, 0.6) is 0 Å². The highest BCUT2D eigenvalue weighted by atomic mass is 32.2. The molecule has 1 unspecified atom stereocenters. The van der Waals surface area contributed by atoms with E-state index in [1.165, 1.54) is 4.90 Å². The largest absolute Gasteiger partial charge is 0.339 e. The minimum atomic E-state index is -2.11. The molecule has 1 heterocycles. The van der Waals surface area contributed by atoms with Crippen molar-refractivity contribution in [3.05, 3.63) is 0 Å². The summed E-state index contributed by atoms with van der Waals surface area (Å²) in [6, 6.07) is -0.337. The lowest BCUT2D eigenvalue weighted by atomic mass is 10.3. The molecule has 0 aromatic rings. The summed E-state index contributed by atoms with van der Waals surface area (Å²) < 4.78 is 22.0. The Balaban J connectivity index is 2.13. The van der Waals surface area contributed by atoms with E-state index in [1.807, 2.05) is 0 Å². The summed E-state index contributed by atoms with van der Waals surface area (Å²) >= 11 is -2.11. The lowest BCUT2D eigenvalue weighted by Gasteiger charge is -2.33. The van der Waals surface area contributed by atoms with Gasteiger partial charge in [0.15, 0.2) is 0 Å². The molecule has 1 fully saturated rings. The van der Waals surface area contributed by atoms with Crippen LogP contribution in [0.2, 0.25) is 0 Å². The average molecular weight is 232 g/mol. The number of hydrogen-bond donors (Lipinski definition) is 3. The van der Waals surface area contributed by atoms with E-state index in [0.717, 1.165) is 5.71 Å². The summed E-state index contributed by atoms with van der Waals surface area (Å²) in [5.74, 6) is 0. The van der Waals surface area contributed by atoms with Gasteiger partial charge in [0, 0.05) is 0 Å². The molecule has 8 heteroatoms. The molecule has 1 aliphatic heterocycles. The van der Waals surface area contributed by atoms with Crippen molar-refractivity contribution in [1.29, 1.82) is 0 Å². The van der Waals surface area contributed by atoms with Crippen LogP contribution in [0.1, 0.15) is 19.8 Å². The minimum absolute atomic E-state index is 0.337. The Bertz CT molecular complexity index is 352. The highest BCUT2D eigenvalue weighted by Gasteiger charge is 2.52. The van der Waals surface area contributed by atoms with Gasteiger partial charge in [-0.05, 0) is 19.8 Å². The Labute approximate surface area is 89.3 Å². The zero-order valence-corrected chi connectivity index (χ0v) is 9.00. The second kappa shape index (κ2) is 3.54. The molecule has 0 aromatic heterocycles. The summed E-state index contributed by atoms with van der Waals surface area (Å²) in [7, 11) is 0. The summed E-state index contributed by atoms with van der Waals surface area (Å²) in [5.41, 5.74) is 2.46. The zero-order chi connectivity index (χ0) is 11.1. The van der Waals surface area contributed by atoms with Crippen LogP contribution in [0.25, 0.3) is 0 Å². The predicted octanol–water partition coefficient (Wildman–Crippen LogP) is -0.396. The number of amides is 2. The third kappa shape index (κ3) is 2.01. The number of carbonyl (C=O) groups excluding carboxylic acids is 1. The molecule has 0 radical (unpaired) electrons. The van der Waals surface area contributed by atoms with Crippen molar-refractivity contribution >= 4 is 23.0 Å². The third-order valence-corrected chi connectivity index (χ3v) is 3.05. The van der Waals surface area contributed by atoms with E-state index in [2.05, 4.69) is 15.2 Å². The van der Waals surface area contributed by atoms with Gasteiger partial charge in [0.25, 0.3) is 0 Å². The molecule has 2 aliphatic rings. The Morgan fingerprint density at radius 3 is 2.87 bits per heavy atom. The van der Waals surface area contributed by atoms with Crippen molar-refractivity contribution in [2.75, 3.05) is 6.54 Å². The second-order valence-corrected chi connectivity index (χ2v) is 4.44. The molecule has 0 spiro atoms. The molecule has 1 atom stereocenters. The molecule has 1 saturated carbocycles. The first-order chi connectivity index (χ1) is 7.03. The maximum atomic E-state index is 11.5. The summed E-state index contributed by atoms with van der Waals surface area (Å²) in [6.45, 7) is 2.18. The first-order valence-corrected chi connectivity index (χ1v) is 5.64.